The normalized spacial score (nSPS) is 14.0. The number of nitrogens with one attached hydrogen (secondary N) is 1. The third-order valence-corrected chi connectivity index (χ3v) is 5.40. The number of hydrogen-bond donors (Lipinski definition) is 2. The largest absolute Gasteiger partial charge is 0.397 e. The molecule has 0 fully saturated rings. The van der Waals surface area contributed by atoms with Crippen LogP contribution in [0, 0.1) is 5.92 Å². The number of benzene rings is 1. The van der Waals surface area contributed by atoms with Gasteiger partial charge in [-0.25, -0.2) is 0 Å². The van der Waals surface area contributed by atoms with E-state index in [-0.39, 0.29) is 11.2 Å². The van der Waals surface area contributed by atoms with E-state index in [1.165, 1.54) is 0 Å². The molecule has 3 N–H and O–H groups in total. The SMILES string of the molecule is CC(C)C(C)S(=O)CCCC(=O)Nc1ccccc1N. The maximum Gasteiger partial charge on any atom is 0.224 e. The van der Waals surface area contributed by atoms with Crippen LogP contribution >= 0.6 is 0 Å². The van der Waals surface area contributed by atoms with Gasteiger partial charge in [-0.15, -0.1) is 0 Å². The summed E-state index contributed by atoms with van der Waals surface area (Å²) in [4.78, 5) is 11.8. The number of anilines is 2. The van der Waals surface area contributed by atoms with E-state index >= 15 is 0 Å². The molecule has 5 heteroatoms. The number of hydrogen-bond acceptors (Lipinski definition) is 3. The summed E-state index contributed by atoms with van der Waals surface area (Å²) in [6, 6.07) is 7.16. The van der Waals surface area contributed by atoms with E-state index in [9.17, 15) is 9.00 Å². The zero-order valence-electron chi connectivity index (χ0n) is 12.4. The molecule has 20 heavy (non-hydrogen) atoms. The quantitative estimate of drug-likeness (QED) is 0.760. The van der Waals surface area contributed by atoms with Crippen molar-refractivity contribution in [1.82, 2.24) is 0 Å². The van der Waals surface area contributed by atoms with Gasteiger partial charge in [-0.3, -0.25) is 9.00 Å². The van der Waals surface area contributed by atoms with Crippen molar-refractivity contribution >= 4 is 28.1 Å². The molecule has 0 aliphatic carbocycles. The Hall–Kier alpha value is -1.36. The van der Waals surface area contributed by atoms with Crippen molar-refractivity contribution in [3.05, 3.63) is 24.3 Å². The van der Waals surface area contributed by atoms with E-state index in [4.69, 9.17) is 5.73 Å². The Bertz CT molecular complexity index is 475. The predicted octanol–water partition coefficient (Wildman–Crippen LogP) is 2.78. The van der Waals surface area contributed by atoms with Crippen LogP contribution in [0.15, 0.2) is 24.3 Å². The Morgan fingerprint density at radius 3 is 2.55 bits per heavy atom. The average Bonchev–Trinajstić information content (AvgIpc) is 2.40. The second kappa shape index (κ2) is 8.04. The van der Waals surface area contributed by atoms with Crippen LogP contribution in [0.1, 0.15) is 33.6 Å². The lowest BCUT2D eigenvalue weighted by Gasteiger charge is -2.14. The summed E-state index contributed by atoms with van der Waals surface area (Å²) in [7, 11) is -0.867. The molecule has 1 aromatic carbocycles. The van der Waals surface area contributed by atoms with Crippen LogP contribution in [0.3, 0.4) is 0 Å². The zero-order chi connectivity index (χ0) is 15.1. The topological polar surface area (TPSA) is 72.2 Å². The Morgan fingerprint density at radius 1 is 1.30 bits per heavy atom. The summed E-state index contributed by atoms with van der Waals surface area (Å²) in [5.41, 5.74) is 6.94. The maximum atomic E-state index is 11.9. The highest BCUT2D eigenvalue weighted by atomic mass is 32.2. The smallest absolute Gasteiger partial charge is 0.224 e. The van der Waals surface area contributed by atoms with Gasteiger partial charge in [0.25, 0.3) is 0 Å². The van der Waals surface area contributed by atoms with Crippen molar-refractivity contribution in [1.29, 1.82) is 0 Å². The van der Waals surface area contributed by atoms with E-state index in [1.54, 1.807) is 12.1 Å². The van der Waals surface area contributed by atoms with E-state index in [0.29, 0.717) is 35.9 Å². The highest BCUT2D eigenvalue weighted by Crippen LogP contribution is 2.17. The molecule has 1 aromatic rings. The standard InChI is InChI=1S/C15H24N2O2S/c1-11(2)12(3)20(19)10-6-9-15(18)17-14-8-5-4-7-13(14)16/h4-5,7-8,11-12H,6,9-10,16H2,1-3H3,(H,17,18). The molecule has 1 amide bonds. The van der Waals surface area contributed by atoms with Gasteiger partial charge in [-0.1, -0.05) is 32.9 Å². The van der Waals surface area contributed by atoms with Crippen molar-refractivity contribution in [3.8, 4) is 0 Å². The first kappa shape index (κ1) is 16.7. The van der Waals surface area contributed by atoms with Crippen LogP contribution in [-0.4, -0.2) is 21.1 Å². The Labute approximate surface area is 123 Å². The highest BCUT2D eigenvalue weighted by molar-refractivity contribution is 7.85. The molecular weight excluding hydrogens is 272 g/mol. The van der Waals surface area contributed by atoms with Crippen molar-refractivity contribution < 1.29 is 9.00 Å². The fraction of sp³-hybridized carbons (Fsp3) is 0.533. The molecule has 0 radical (unpaired) electrons. The molecule has 0 aliphatic heterocycles. The van der Waals surface area contributed by atoms with Crippen LogP contribution in [0.2, 0.25) is 0 Å². The van der Waals surface area contributed by atoms with E-state index < -0.39 is 10.8 Å². The monoisotopic (exact) mass is 296 g/mol. The van der Waals surface area contributed by atoms with E-state index in [2.05, 4.69) is 19.2 Å². The van der Waals surface area contributed by atoms with Gasteiger partial charge in [0.1, 0.15) is 0 Å². The molecule has 112 valence electrons. The van der Waals surface area contributed by atoms with Crippen LogP contribution in [0.5, 0.6) is 0 Å². The van der Waals surface area contributed by atoms with E-state index in [1.807, 2.05) is 19.1 Å². The summed E-state index contributed by atoms with van der Waals surface area (Å²) in [5.74, 6) is 0.878. The van der Waals surface area contributed by atoms with Gasteiger partial charge < -0.3 is 11.1 Å². The molecule has 4 nitrogen and oxygen atoms in total. The number of para-hydroxylation sites is 2. The molecule has 2 unspecified atom stereocenters. The van der Waals surface area contributed by atoms with Crippen molar-refractivity contribution in [2.45, 2.75) is 38.9 Å². The predicted molar refractivity (Wildman–Crippen MR) is 86.0 cm³/mol. The lowest BCUT2D eigenvalue weighted by Crippen LogP contribution is -2.21. The molecule has 0 saturated carbocycles. The van der Waals surface area contributed by atoms with Gasteiger partial charge in [0.05, 0.1) is 11.4 Å². The number of nitrogens with two attached hydrogens (primary N) is 1. The first-order chi connectivity index (χ1) is 9.41. The molecule has 0 bridgehead atoms. The Morgan fingerprint density at radius 2 is 1.95 bits per heavy atom. The third-order valence-electron chi connectivity index (χ3n) is 3.34. The summed E-state index contributed by atoms with van der Waals surface area (Å²) in [6.45, 7) is 6.12. The minimum atomic E-state index is -0.867. The van der Waals surface area contributed by atoms with Crippen LogP contribution < -0.4 is 11.1 Å². The number of carbonyl (C=O) groups is 1. The van der Waals surface area contributed by atoms with Crippen molar-refractivity contribution in [3.63, 3.8) is 0 Å². The van der Waals surface area contributed by atoms with Gasteiger partial charge in [0, 0.05) is 28.2 Å². The fourth-order valence-corrected chi connectivity index (χ4v) is 3.10. The molecular formula is C15H24N2O2S. The molecule has 0 saturated heterocycles. The Kier molecular flexibility index (Phi) is 6.71. The number of amides is 1. The first-order valence-electron chi connectivity index (χ1n) is 6.93. The molecule has 0 heterocycles. The fourth-order valence-electron chi connectivity index (χ4n) is 1.69. The molecule has 1 rings (SSSR count). The molecule has 0 aromatic heterocycles. The van der Waals surface area contributed by atoms with Gasteiger partial charge in [0.2, 0.25) is 5.91 Å². The van der Waals surface area contributed by atoms with Crippen LogP contribution in [-0.2, 0) is 15.6 Å². The lowest BCUT2D eigenvalue weighted by molar-refractivity contribution is -0.116. The summed E-state index contributed by atoms with van der Waals surface area (Å²) in [6.07, 6.45) is 0.993. The van der Waals surface area contributed by atoms with Crippen molar-refractivity contribution in [2.24, 2.45) is 5.92 Å². The van der Waals surface area contributed by atoms with Gasteiger partial charge in [-0.2, -0.15) is 0 Å². The van der Waals surface area contributed by atoms with Gasteiger partial charge in [0.15, 0.2) is 0 Å². The lowest BCUT2D eigenvalue weighted by atomic mass is 10.2. The molecule has 0 spiro atoms. The van der Waals surface area contributed by atoms with Crippen LogP contribution in [0.4, 0.5) is 11.4 Å². The van der Waals surface area contributed by atoms with Crippen LogP contribution in [0.25, 0.3) is 0 Å². The van der Waals surface area contributed by atoms with Gasteiger partial charge in [-0.05, 0) is 24.5 Å². The number of carbonyl (C=O) groups excluding carboxylic acids is 1. The first-order valence-corrected chi connectivity index (χ1v) is 8.31. The summed E-state index contributed by atoms with van der Waals surface area (Å²) in [5, 5.41) is 2.94. The minimum absolute atomic E-state index is 0.0860. The second-order valence-corrected chi connectivity index (χ2v) is 7.19. The highest BCUT2D eigenvalue weighted by Gasteiger charge is 2.15. The average molecular weight is 296 g/mol. The van der Waals surface area contributed by atoms with Gasteiger partial charge >= 0.3 is 0 Å². The maximum absolute atomic E-state index is 11.9. The number of nitrogen functional groups attached to an aromatic ring is 1. The second-order valence-electron chi connectivity index (χ2n) is 5.27. The minimum Gasteiger partial charge on any atom is -0.397 e. The third kappa shape index (κ3) is 5.33. The Balaban J connectivity index is 2.34. The zero-order valence-corrected chi connectivity index (χ0v) is 13.2. The van der Waals surface area contributed by atoms with Crippen molar-refractivity contribution in [2.75, 3.05) is 16.8 Å². The van der Waals surface area contributed by atoms with E-state index in [0.717, 1.165) is 0 Å². The molecule has 0 aliphatic rings. The summed E-state index contributed by atoms with van der Waals surface area (Å²) >= 11 is 0. The number of rotatable bonds is 7. The summed E-state index contributed by atoms with van der Waals surface area (Å²) < 4.78 is 11.9. The molecule has 2 atom stereocenters.